The molecule has 2 aromatic heterocycles. The number of hydrogen-bond acceptors (Lipinski definition) is 9. The van der Waals surface area contributed by atoms with Gasteiger partial charge in [-0.25, -0.2) is 19.4 Å². The second kappa shape index (κ2) is 10.8. The number of ether oxygens (including phenoxy) is 2. The minimum Gasteiger partial charge on any atom is -0.468 e. The SMILES string of the molecule is COC(=O)C(C)(C)NP(OCC1CC(C)[C@H](n2cc(F)c3c(N)ncnc32)O1)Oc1ccc(Cl)cc1. The van der Waals surface area contributed by atoms with Gasteiger partial charge in [-0.3, -0.25) is 4.79 Å². The Bertz CT molecular complexity index is 1230. The number of halogens is 2. The number of hydrogen-bond donors (Lipinski definition) is 2. The van der Waals surface area contributed by atoms with Crippen LogP contribution in [0.15, 0.2) is 36.8 Å². The van der Waals surface area contributed by atoms with Crippen LogP contribution in [0.4, 0.5) is 10.2 Å². The van der Waals surface area contributed by atoms with Gasteiger partial charge in [-0.05, 0) is 44.5 Å². The van der Waals surface area contributed by atoms with Crippen LogP contribution in [0.2, 0.25) is 5.02 Å². The van der Waals surface area contributed by atoms with Crippen molar-refractivity contribution in [2.45, 2.75) is 45.1 Å². The molecule has 0 amide bonds. The maximum Gasteiger partial charge on any atom is 0.325 e. The lowest BCUT2D eigenvalue weighted by molar-refractivity contribution is -0.146. The third kappa shape index (κ3) is 5.71. The van der Waals surface area contributed by atoms with Gasteiger partial charge in [0, 0.05) is 17.1 Å². The number of aromatic nitrogens is 3. The molecule has 1 aliphatic rings. The van der Waals surface area contributed by atoms with Gasteiger partial charge in [0.15, 0.2) is 11.5 Å². The highest BCUT2D eigenvalue weighted by Crippen LogP contribution is 2.42. The fourth-order valence-electron chi connectivity index (χ4n) is 3.97. The van der Waals surface area contributed by atoms with Crippen LogP contribution < -0.4 is 15.3 Å². The quantitative estimate of drug-likeness (QED) is 0.297. The number of nitrogens with one attached hydrogen (secondary N) is 1. The van der Waals surface area contributed by atoms with Crippen molar-refractivity contribution < 1.29 is 27.7 Å². The van der Waals surface area contributed by atoms with Gasteiger partial charge in [0.05, 0.1) is 25.2 Å². The topological polar surface area (TPSA) is 123 Å². The Kier molecular flexibility index (Phi) is 7.96. The molecule has 4 rings (SSSR count). The molecule has 3 unspecified atom stereocenters. The van der Waals surface area contributed by atoms with E-state index >= 15 is 0 Å². The zero-order valence-electron chi connectivity index (χ0n) is 20.3. The van der Waals surface area contributed by atoms with E-state index in [4.69, 9.17) is 35.9 Å². The van der Waals surface area contributed by atoms with Crippen LogP contribution in [0.25, 0.3) is 11.0 Å². The summed E-state index contributed by atoms with van der Waals surface area (Å²) in [6, 6.07) is 6.80. The highest BCUT2D eigenvalue weighted by Gasteiger charge is 2.38. The summed E-state index contributed by atoms with van der Waals surface area (Å²) in [5, 5.41) is 3.82. The number of methoxy groups -OCH3 is 1. The summed E-state index contributed by atoms with van der Waals surface area (Å²) < 4.78 is 39.4. The summed E-state index contributed by atoms with van der Waals surface area (Å²) >= 11 is 5.97. The predicted molar refractivity (Wildman–Crippen MR) is 134 cm³/mol. The Labute approximate surface area is 214 Å². The van der Waals surface area contributed by atoms with E-state index in [2.05, 4.69) is 15.1 Å². The molecule has 10 nitrogen and oxygen atoms in total. The van der Waals surface area contributed by atoms with Crippen molar-refractivity contribution in [1.82, 2.24) is 19.6 Å². The first-order valence-electron chi connectivity index (χ1n) is 11.2. The van der Waals surface area contributed by atoms with Crippen molar-refractivity contribution in [2.75, 3.05) is 19.5 Å². The first-order valence-corrected chi connectivity index (χ1v) is 12.8. The molecule has 36 heavy (non-hydrogen) atoms. The number of rotatable bonds is 9. The molecule has 3 N–H and O–H groups in total. The Hall–Kier alpha value is -2.56. The molecule has 0 spiro atoms. The summed E-state index contributed by atoms with van der Waals surface area (Å²) in [6.45, 7) is 5.52. The van der Waals surface area contributed by atoms with E-state index in [-0.39, 0.29) is 29.8 Å². The molecule has 4 atom stereocenters. The molecule has 0 bridgehead atoms. The molecule has 0 saturated carbocycles. The molecule has 13 heteroatoms. The number of carbonyl (C=O) groups is 1. The van der Waals surface area contributed by atoms with E-state index in [1.807, 2.05) is 6.92 Å². The van der Waals surface area contributed by atoms with Crippen molar-refractivity contribution in [2.24, 2.45) is 5.92 Å². The molecule has 1 fully saturated rings. The highest BCUT2D eigenvalue weighted by atomic mass is 35.5. The lowest BCUT2D eigenvalue weighted by atomic mass is 10.1. The van der Waals surface area contributed by atoms with Crippen molar-refractivity contribution in [1.29, 1.82) is 0 Å². The zero-order chi connectivity index (χ0) is 26.0. The first kappa shape index (κ1) is 26.5. The fourth-order valence-corrected chi connectivity index (χ4v) is 5.43. The normalized spacial score (nSPS) is 21.0. The largest absolute Gasteiger partial charge is 0.468 e. The van der Waals surface area contributed by atoms with Gasteiger partial charge >= 0.3 is 14.5 Å². The summed E-state index contributed by atoms with van der Waals surface area (Å²) in [4.78, 5) is 20.3. The molecule has 3 aromatic rings. The van der Waals surface area contributed by atoms with Gasteiger partial charge < -0.3 is 28.8 Å². The Morgan fingerprint density at radius 3 is 2.78 bits per heavy atom. The van der Waals surface area contributed by atoms with Crippen LogP contribution in [0.5, 0.6) is 5.75 Å². The van der Waals surface area contributed by atoms with Gasteiger partial charge in [0.1, 0.15) is 29.7 Å². The first-order chi connectivity index (χ1) is 17.1. The summed E-state index contributed by atoms with van der Waals surface area (Å²) in [7, 11) is -0.463. The second-order valence-electron chi connectivity index (χ2n) is 9.03. The molecule has 1 aliphatic heterocycles. The third-order valence-electron chi connectivity index (χ3n) is 5.77. The van der Waals surface area contributed by atoms with Crippen LogP contribution in [0.3, 0.4) is 0 Å². The standard InChI is InChI=1S/C23H28ClFN5O5P/c1-13-9-16(34-21(13)30-10-17(25)18-19(26)27-12-28-20(18)30)11-33-36(29-23(2,3)22(31)32-4)35-15-7-5-14(24)6-8-15/h5-8,10,12-13,16,21,29H,9,11H2,1-4H3,(H2,26,27,28)/t13?,16?,21-,36?/m1/s1. The molecule has 0 radical (unpaired) electrons. The molecule has 1 saturated heterocycles. The number of nitrogens with zero attached hydrogens (tertiary/aromatic N) is 3. The van der Waals surface area contributed by atoms with Crippen molar-refractivity contribution >= 4 is 42.9 Å². The highest BCUT2D eigenvalue weighted by molar-refractivity contribution is 7.45. The van der Waals surface area contributed by atoms with Gasteiger partial charge in [-0.1, -0.05) is 18.5 Å². The number of carbonyl (C=O) groups excluding carboxylic acids is 1. The molecule has 1 aromatic carbocycles. The van der Waals surface area contributed by atoms with E-state index in [0.717, 1.165) is 0 Å². The van der Waals surface area contributed by atoms with Gasteiger partial charge in [0.25, 0.3) is 0 Å². The lowest BCUT2D eigenvalue weighted by Crippen LogP contribution is -2.45. The molecule has 0 aliphatic carbocycles. The average molecular weight is 540 g/mol. The Morgan fingerprint density at radius 2 is 2.08 bits per heavy atom. The number of esters is 1. The van der Waals surface area contributed by atoms with Crippen LogP contribution in [0, 0.1) is 11.7 Å². The smallest absolute Gasteiger partial charge is 0.325 e. The van der Waals surface area contributed by atoms with Crippen LogP contribution >= 0.6 is 20.1 Å². The number of anilines is 1. The summed E-state index contributed by atoms with van der Waals surface area (Å²) in [5.41, 5.74) is 5.14. The molecule has 3 heterocycles. The van der Waals surface area contributed by atoms with Gasteiger partial charge in [-0.15, -0.1) is 0 Å². The van der Waals surface area contributed by atoms with Crippen LogP contribution in [-0.2, 0) is 18.8 Å². The minimum atomic E-state index is -1.78. The van der Waals surface area contributed by atoms with Crippen molar-refractivity contribution in [3.8, 4) is 5.75 Å². The van der Waals surface area contributed by atoms with E-state index in [1.54, 1.807) is 42.7 Å². The number of nitrogens with two attached hydrogens (primary N) is 1. The number of fused-ring (bicyclic) bond motifs is 1. The van der Waals surface area contributed by atoms with E-state index in [0.29, 0.717) is 22.8 Å². The predicted octanol–water partition coefficient (Wildman–Crippen LogP) is 4.59. The van der Waals surface area contributed by atoms with Gasteiger partial charge in [0.2, 0.25) is 0 Å². The summed E-state index contributed by atoms with van der Waals surface area (Å²) in [5.74, 6) is -0.345. The van der Waals surface area contributed by atoms with Gasteiger partial charge in [-0.2, -0.15) is 0 Å². The zero-order valence-corrected chi connectivity index (χ0v) is 21.9. The average Bonchev–Trinajstić information content (AvgIpc) is 3.37. The Morgan fingerprint density at radius 1 is 1.36 bits per heavy atom. The number of nitrogen functional groups attached to an aromatic ring is 1. The second-order valence-corrected chi connectivity index (χ2v) is 10.6. The Balaban J connectivity index is 1.47. The minimum absolute atomic E-state index is 0.0349. The van der Waals surface area contributed by atoms with Crippen molar-refractivity contribution in [3.05, 3.63) is 47.6 Å². The van der Waals surface area contributed by atoms with Crippen LogP contribution in [-0.4, -0.2) is 45.9 Å². The van der Waals surface area contributed by atoms with E-state index in [9.17, 15) is 9.18 Å². The monoisotopic (exact) mass is 539 g/mol. The molecular formula is C23H28ClFN5O5P. The number of benzene rings is 1. The van der Waals surface area contributed by atoms with E-state index < -0.39 is 32.1 Å². The fraction of sp³-hybridized carbons (Fsp3) is 0.435. The van der Waals surface area contributed by atoms with Crippen molar-refractivity contribution in [3.63, 3.8) is 0 Å². The molecular weight excluding hydrogens is 512 g/mol. The maximum atomic E-state index is 14.6. The third-order valence-corrected chi connectivity index (χ3v) is 7.52. The van der Waals surface area contributed by atoms with Crippen LogP contribution in [0.1, 0.15) is 33.4 Å². The maximum absolute atomic E-state index is 14.6. The molecule has 194 valence electrons. The summed E-state index contributed by atoms with van der Waals surface area (Å²) in [6.07, 6.45) is 2.49. The lowest BCUT2D eigenvalue weighted by Gasteiger charge is -2.28. The van der Waals surface area contributed by atoms with E-state index in [1.165, 1.54) is 19.6 Å².